The van der Waals surface area contributed by atoms with Crippen LogP contribution in [0.3, 0.4) is 0 Å². The fraction of sp³-hybridized carbons (Fsp3) is 0.538. The second-order valence-electron chi connectivity index (χ2n) is 3.40. The van der Waals surface area contributed by atoms with Crippen LogP contribution in [0.5, 0.6) is 5.75 Å². The van der Waals surface area contributed by atoms with Crippen molar-refractivity contribution in [3.8, 4) is 5.75 Å². The van der Waals surface area contributed by atoms with Crippen molar-refractivity contribution in [2.45, 2.75) is 26.6 Å². The number of hydrogen-bond acceptors (Lipinski definition) is 3. The molecule has 0 radical (unpaired) electrons. The maximum Gasteiger partial charge on any atom is 0.161 e. The van der Waals surface area contributed by atoms with Gasteiger partial charge in [-0.05, 0) is 31.5 Å². The van der Waals surface area contributed by atoms with Crippen LogP contribution in [-0.2, 0) is 15.9 Å². The molecule has 3 heteroatoms. The molecule has 0 aliphatic carbocycles. The van der Waals surface area contributed by atoms with Crippen LogP contribution in [0.4, 0.5) is 0 Å². The smallest absolute Gasteiger partial charge is 0.161 e. The van der Waals surface area contributed by atoms with Crippen LogP contribution in [0.15, 0.2) is 24.3 Å². The van der Waals surface area contributed by atoms with Gasteiger partial charge in [0.25, 0.3) is 0 Å². The monoisotopic (exact) mass is 224 g/mol. The lowest BCUT2D eigenvalue weighted by Gasteiger charge is -2.17. The van der Waals surface area contributed by atoms with Gasteiger partial charge in [0, 0.05) is 19.6 Å². The Kier molecular flexibility index (Phi) is 5.90. The van der Waals surface area contributed by atoms with E-state index in [2.05, 4.69) is 0 Å². The Morgan fingerprint density at radius 2 is 1.81 bits per heavy atom. The molecule has 1 aromatic rings. The van der Waals surface area contributed by atoms with E-state index >= 15 is 0 Å². The molecular weight excluding hydrogens is 204 g/mol. The van der Waals surface area contributed by atoms with Gasteiger partial charge >= 0.3 is 0 Å². The molecule has 0 bridgehead atoms. The first-order valence-corrected chi connectivity index (χ1v) is 5.66. The first-order chi connectivity index (χ1) is 7.80. The number of rotatable bonds is 7. The van der Waals surface area contributed by atoms with Gasteiger partial charge in [-0.1, -0.05) is 12.1 Å². The normalized spacial score (nSPS) is 10.8. The van der Waals surface area contributed by atoms with Crippen molar-refractivity contribution >= 4 is 0 Å². The molecule has 0 fully saturated rings. The molecule has 0 saturated carbocycles. The standard InChI is InChI=1S/C13H20O3/c1-4-15-13(16-5-2)10-11-7-6-8-12(9-11)14-3/h6-9,13H,4-5,10H2,1-3H3. The summed E-state index contributed by atoms with van der Waals surface area (Å²) in [6.07, 6.45) is 0.584. The molecule has 0 aromatic heterocycles. The van der Waals surface area contributed by atoms with E-state index in [0.717, 1.165) is 17.7 Å². The molecule has 1 aromatic carbocycles. The SMILES string of the molecule is CCOC(Cc1cccc(OC)c1)OCC. The molecule has 16 heavy (non-hydrogen) atoms. The molecular formula is C13H20O3. The van der Waals surface area contributed by atoms with Crippen LogP contribution in [0.1, 0.15) is 19.4 Å². The lowest BCUT2D eigenvalue weighted by molar-refractivity contribution is -0.134. The Hall–Kier alpha value is -1.06. The van der Waals surface area contributed by atoms with Gasteiger partial charge in [-0.2, -0.15) is 0 Å². The van der Waals surface area contributed by atoms with Crippen LogP contribution in [0.2, 0.25) is 0 Å². The van der Waals surface area contributed by atoms with E-state index in [1.54, 1.807) is 7.11 Å². The Labute approximate surface area is 97.3 Å². The van der Waals surface area contributed by atoms with E-state index in [1.165, 1.54) is 0 Å². The molecule has 0 saturated heterocycles. The minimum Gasteiger partial charge on any atom is -0.497 e. The zero-order valence-electron chi connectivity index (χ0n) is 10.2. The summed E-state index contributed by atoms with van der Waals surface area (Å²) in [7, 11) is 1.67. The second kappa shape index (κ2) is 7.25. The fourth-order valence-electron chi connectivity index (χ4n) is 1.53. The Morgan fingerprint density at radius 1 is 1.12 bits per heavy atom. The third-order valence-corrected chi connectivity index (χ3v) is 2.24. The number of ether oxygens (including phenoxy) is 3. The van der Waals surface area contributed by atoms with Gasteiger partial charge in [-0.3, -0.25) is 0 Å². The molecule has 0 amide bonds. The average molecular weight is 224 g/mol. The lowest BCUT2D eigenvalue weighted by atomic mass is 10.1. The Bertz CT molecular complexity index is 293. The van der Waals surface area contributed by atoms with E-state index in [4.69, 9.17) is 14.2 Å². The topological polar surface area (TPSA) is 27.7 Å². The predicted molar refractivity (Wildman–Crippen MR) is 63.7 cm³/mol. The first kappa shape index (κ1) is 13.0. The lowest BCUT2D eigenvalue weighted by Crippen LogP contribution is -2.20. The van der Waals surface area contributed by atoms with E-state index in [-0.39, 0.29) is 6.29 Å². The molecule has 0 aliphatic heterocycles. The summed E-state index contributed by atoms with van der Waals surface area (Å²) >= 11 is 0. The summed E-state index contributed by atoms with van der Waals surface area (Å²) in [5, 5.41) is 0. The maximum atomic E-state index is 5.50. The fourth-order valence-corrected chi connectivity index (χ4v) is 1.53. The quantitative estimate of drug-likeness (QED) is 0.666. The van der Waals surface area contributed by atoms with Crippen LogP contribution in [0.25, 0.3) is 0 Å². The summed E-state index contributed by atoms with van der Waals surface area (Å²) in [6, 6.07) is 7.96. The van der Waals surface area contributed by atoms with Crippen LogP contribution >= 0.6 is 0 Å². The highest BCUT2D eigenvalue weighted by Crippen LogP contribution is 2.15. The van der Waals surface area contributed by atoms with Crippen molar-refractivity contribution in [2.24, 2.45) is 0 Å². The maximum absolute atomic E-state index is 5.50. The van der Waals surface area contributed by atoms with Gasteiger partial charge in [0.15, 0.2) is 6.29 Å². The van der Waals surface area contributed by atoms with Crippen molar-refractivity contribution < 1.29 is 14.2 Å². The van der Waals surface area contributed by atoms with Gasteiger partial charge in [0.2, 0.25) is 0 Å². The van der Waals surface area contributed by atoms with Gasteiger partial charge in [-0.15, -0.1) is 0 Å². The van der Waals surface area contributed by atoms with Crippen molar-refractivity contribution in [3.63, 3.8) is 0 Å². The summed E-state index contributed by atoms with van der Waals surface area (Å²) in [4.78, 5) is 0. The van der Waals surface area contributed by atoms with Crippen molar-refractivity contribution in [3.05, 3.63) is 29.8 Å². The minimum absolute atomic E-state index is 0.165. The third kappa shape index (κ3) is 4.21. The molecule has 1 rings (SSSR count). The minimum atomic E-state index is -0.165. The number of hydrogen-bond donors (Lipinski definition) is 0. The molecule has 3 nitrogen and oxygen atoms in total. The zero-order chi connectivity index (χ0) is 11.8. The first-order valence-electron chi connectivity index (χ1n) is 5.66. The molecule has 0 spiro atoms. The second-order valence-corrected chi connectivity index (χ2v) is 3.40. The zero-order valence-corrected chi connectivity index (χ0v) is 10.2. The van der Waals surface area contributed by atoms with Gasteiger partial charge < -0.3 is 14.2 Å². The molecule has 90 valence electrons. The van der Waals surface area contributed by atoms with Crippen LogP contribution < -0.4 is 4.74 Å². The Morgan fingerprint density at radius 3 is 2.38 bits per heavy atom. The van der Waals surface area contributed by atoms with Crippen molar-refractivity contribution in [1.29, 1.82) is 0 Å². The van der Waals surface area contributed by atoms with Gasteiger partial charge in [0.05, 0.1) is 7.11 Å². The van der Waals surface area contributed by atoms with Gasteiger partial charge in [0.1, 0.15) is 5.75 Å². The van der Waals surface area contributed by atoms with E-state index in [1.807, 2.05) is 38.1 Å². The number of benzene rings is 1. The largest absolute Gasteiger partial charge is 0.497 e. The summed E-state index contributed by atoms with van der Waals surface area (Å²) in [6.45, 7) is 5.26. The van der Waals surface area contributed by atoms with E-state index in [0.29, 0.717) is 13.2 Å². The Balaban J connectivity index is 2.60. The highest BCUT2D eigenvalue weighted by atomic mass is 16.7. The van der Waals surface area contributed by atoms with E-state index in [9.17, 15) is 0 Å². The average Bonchev–Trinajstić information content (AvgIpc) is 2.30. The van der Waals surface area contributed by atoms with E-state index < -0.39 is 0 Å². The molecule has 0 atom stereocenters. The summed E-state index contributed by atoms with van der Waals surface area (Å²) in [5.74, 6) is 0.865. The summed E-state index contributed by atoms with van der Waals surface area (Å²) < 4.78 is 16.2. The molecule has 0 N–H and O–H groups in total. The molecule has 0 unspecified atom stereocenters. The van der Waals surface area contributed by atoms with Gasteiger partial charge in [-0.25, -0.2) is 0 Å². The molecule has 0 aliphatic rings. The third-order valence-electron chi connectivity index (χ3n) is 2.24. The predicted octanol–water partition coefficient (Wildman–Crippen LogP) is 2.64. The highest BCUT2D eigenvalue weighted by Gasteiger charge is 2.09. The number of methoxy groups -OCH3 is 1. The van der Waals surface area contributed by atoms with Crippen LogP contribution in [0, 0.1) is 0 Å². The van der Waals surface area contributed by atoms with Crippen molar-refractivity contribution in [2.75, 3.05) is 20.3 Å². The summed E-state index contributed by atoms with van der Waals surface area (Å²) in [5.41, 5.74) is 1.16. The highest BCUT2D eigenvalue weighted by molar-refractivity contribution is 5.28. The van der Waals surface area contributed by atoms with Crippen molar-refractivity contribution in [1.82, 2.24) is 0 Å². The molecule has 0 heterocycles. The van der Waals surface area contributed by atoms with Crippen LogP contribution in [-0.4, -0.2) is 26.6 Å².